The van der Waals surface area contributed by atoms with Gasteiger partial charge in [-0.3, -0.25) is 9.59 Å². The van der Waals surface area contributed by atoms with Crippen LogP contribution in [-0.2, 0) is 13.6 Å². The lowest BCUT2D eigenvalue weighted by atomic mass is 10.2. The number of rotatable bonds is 5. The van der Waals surface area contributed by atoms with E-state index in [0.29, 0.717) is 5.56 Å². The van der Waals surface area contributed by atoms with E-state index in [-0.39, 0.29) is 17.9 Å². The van der Waals surface area contributed by atoms with E-state index in [1.54, 1.807) is 32.2 Å². The van der Waals surface area contributed by atoms with E-state index in [2.05, 4.69) is 10.1 Å². The molecular formula is C16H16F2N2O3. The van der Waals surface area contributed by atoms with Gasteiger partial charge in [0.25, 0.3) is 11.5 Å². The van der Waals surface area contributed by atoms with Crippen LogP contribution >= 0.6 is 0 Å². The number of halogens is 2. The van der Waals surface area contributed by atoms with Gasteiger partial charge in [-0.25, -0.2) is 0 Å². The zero-order chi connectivity index (χ0) is 17.0. The Morgan fingerprint density at radius 1 is 1.30 bits per heavy atom. The standard InChI is InChI=1S/C16H16F2N2O3/c1-10-6-7-13(15(22)20(10)2)14(21)19-9-11-4-3-5-12(8-11)23-16(17)18/h3-8,16H,9H2,1-2H3,(H,19,21). The van der Waals surface area contributed by atoms with Crippen molar-refractivity contribution in [2.24, 2.45) is 7.05 Å². The van der Waals surface area contributed by atoms with E-state index in [9.17, 15) is 18.4 Å². The van der Waals surface area contributed by atoms with E-state index in [1.165, 1.54) is 22.8 Å². The van der Waals surface area contributed by atoms with Gasteiger partial charge in [0, 0.05) is 19.3 Å². The molecule has 1 heterocycles. The van der Waals surface area contributed by atoms with Crippen LogP contribution < -0.4 is 15.6 Å². The number of alkyl halides is 2. The minimum atomic E-state index is -2.91. The van der Waals surface area contributed by atoms with Crippen LogP contribution in [0.2, 0.25) is 0 Å². The number of benzene rings is 1. The molecule has 0 aliphatic heterocycles. The van der Waals surface area contributed by atoms with Gasteiger partial charge in [-0.05, 0) is 36.8 Å². The molecule has 0 fully saturated rings. The Morgan fingerprint density at radius 2 is 2.04 bits per heavy atom. The summed E-state index contributed by atoms with van der Waals surface area (Å²) < 4.78 is 30.0. The predicted octanol–water partition coefficient (Wildman–Crippen LogP) is 2.23. The fourth-order valence-corrected chi connectivity index (χ4v) is 2.01. The average Bonchev–Trinajstić information content (AvgIpc) is 2.50. The van der Waals surface area contributed by atoms with E-state index >= 15 is 0 Å². The molecule has 2 rings (SSSR count). The Balaban J connectivity index is 2.08. The smallest absolute Gasteiger partial charge is 0.387 e. The lowest BCUT2D eigenvalue weighted by molar-refractivity contribution is -0.0498. The van der Waals surface area contributed by atoms with Crippen molar-refractivity contribution >= 4 is 5.91 Å². The number of aryl methyl sites for hydroxylation is 1. The molecule has 23 heavy (non-hydrogen) atoms. The van der Waals surface area contributed by atoms with Crippen molar-refractivity contribution in [1.29, 1.82) is 0 Å². The van der Waals surface area contributed by atoms with Crippen molar-refractivity contribution < 1.29 is 18.3 Å². The fourth-order valence-electron chi connectivity index (χ4n) is 2.01. The van der Waals surface area contributed by atoms with Gasteiger partial charge in [0.15, 0.2) is 0 Å². The van der Waals surface area contributed by atoms with Crippen LogP contribution in [0, 0.1) is 6.92 Å². The lowest BCUT2D eigenvalue weighted by Crippen LogP contribution is -2.32. The van der Waals surface area contributed by atoms with Gasteiger partial charge < -0.3 is 14.6 Å². The molecule has 0 unspecified atom stereocenters. The SMILES string of the molecule is Cc1ccc(C(=O)NCc2cccc(OC(F)F)c2)c(=O)n1C. The molecule has 0 spiro atoms. The molecule has 122 valence electrons. The molecule has 0 atom stereocenters. The van der Waals surface area contributed by atoms with Crippen molar-refractivity contribution in [2.45, 2.75) is 20.1 Å². The molecule has 0 aliphatic carbocycles. The topological polar surface area (TPSA) is 60.3 Å². The molecule has 1 aromatic heterocycles. The Morgan fingerprint density at radius 3 is 2.74 bits per heavy atom. The summed E-state index contributed by atoms with van der Waals surface area (Å²) in [5.74, 6) is -0.510. The number of carbonyl (C=O) groups excluding carboxylic acids is 1. The van der Waals surface area contributed by atoms with Crippen LogP contribution in [0.5, 0.6) is 5.75 Å². The first-order valence-electron chi connectivity index (χ1n) is 6.87. The zero-order valence-corrected chi connectivity index (χ0v) is 12.7. The highest BCUT2D eigenvalue weighted by atomic mass is 19.3. The van der Waals surface area contributed by atoms with Crippen LogP contribution in [0.25, 0.3) is 0 Å². The summed E-state index contributed by atoms with van der Waals surface area (Å²) in [6.45, 7) is -1.05. The number of aromatic nitrogens is 1. The third-order valence-electron chi connectivity index (χ3n) is 3.38. The number of ether oxygens (including phenoxy) is 1. The molecule has 7 heteroatoms. The lowest BCUT2D eigenvalue weighted by Gasteiger charge is -2.09. The van der Waals surface area contributed by atoms with Crippen LogP contribution in [0.3, 0.4) is 0 Å². The summed E-state index contributed by atoms with van der Waals surface area (Å²) in [5.41, 5.74) is 0.958. The summed E-state index contributed by atoms with van der Waals surface area (Å²) in [6, 6.07) is 9.14. The number of amides is 1. The number of carbonyl (C=O) groups is 1. The number of pyridine rings is 1. The summed E-state index contributed by atoms with van der Waals surface area (Å²) in [4.78, 5) is 24.1. The fraction of sp³-hybridized carbons (Fsp3) is 0.250. The third-order valence-corrected chi connectivity index (χ3v) is 3.38. The number of hydrogen-bond donors (Lipinski definition) is 1. The van der Waals surface area contributed by atoms with Crippen molar-refractivity contribution in [3.8, 4) is 5.75 Å². The minimum Gasteiger partial charge on any atom is -0.435 e. The second-order valence-electron chi connectivity index (χ2n) is 4.96. The van der Waals surface area contributed by atoms with Crippen molar-refractivity contribution in [1.82, 2.24) is 9.88 Å². The maximum Gasteiger partial charge on any atom is 0.387 e. The Hall–Kier alpha value is -2.70. The van der Waals surface area contributed by atoms with Crippen LogP contribution in [-0.4, -0.2) is 17.1 Å². The molecule has 5 nitrogen and oxygen atoms in total. The maximum absolute atomic E-state index is 12.2. The van der Waals surface area contributed by atoms with Gasteiger partial charge in [0.2, 0.25) is 0 Å². The molecule has 0 saturated heterocycles. The summed E-state index contributed by atoms with van der Waals surface area (Å²) in [6.07, 6.45) is 0. The highest BCUT2D eigenvalue weighted by molar-refractivity contribution is 5.93. The average molecular weight is 322 g/mol. The first kappa shape index (κ1) is 16.7. The van der Waals surface area contributed by atoms with Crippen LogP contribution in [0.15, 0.2) is 41.2 Å². The van der Waals surface area contributed by atoms with E-state index in [4.69, 9.17) is 0 Å². The van der Waals surface area contributed by atoms with E-state index < -0.39 is 18.1 Å². The van der Waals surface area contributed by atoms with Gasteiger partial charge >= 0.3 is 6.61 Å². The van der Waals surface area contributed by atoms with Gasteiger partial charge in [-0.1, -0.05) is 12.1 Å². The van der Waals surface area contributed by atoms with Gasteiger partial charge in [-0.15, -0.1) is 0 Å². The number of nitrogens with zero attached hydrogens (tertiary/aromatic N) is 1. The van der Waals surface area contributed by atoms with Crippen molar-refractivity contribution in [3.05, 3.63) is 63.6 Å². The number of nitrogens with one attached hydrogen (secondary N) is 1. The monoisotopic (exact) mass is 322 g/mol. The summed E-state index contributed by atoms with van der Waals surface area (Å²) >= 11 is 0. The molecule has 1 N–H and O–H groups in total. The zero-order valence-electron chi connectivity index (χ0n) is 12.7. The largest absolute Gasteiger partial charge is 0.435 e. The molecule has 2 aromatic rings. The van der Waals surface area contributed by atoms with Crippen molar-refractivity contribution in [3.63, 3.8) is 0 Å². The molecule has 0 radical (unpaired) electrons. The molecule has 0 saturated carbocycles. The second-order valence-corrected chi connectivity index (χ2v) is 4.96. The third kappa shape index (κ3) is 4.15. The summed E-state index contributed by atoms with van der Waals surface area (Å²) in [5, 5.41) is 2.59. The molecule has 0 bridgehead atoms. The maximum atomic E-state index is 12.2. The van der Waals surface area contributed by atoms with E-state index in [1.807, 2.05) is 0 Å². The predicted molar refractivity (Wildman–Crippen MR) is 80.7 cm³/mol. The minimum absolute atomic E-state index is 0.0120. The highest BCUT2D eigenvalue weighted by Crippen LogP contribution is 2.15. The molecular weight excluding hydrogens is 306 g/mol. The molecule has 1 aromatic carbocycles. The van der Waals surface area contributed by atoms with Crippen LogP contribution in [0.4, 0.5) is 8.78 Å². The number of hydrogen-bond acceptors (Lipinski definition) is 3. The highest BCUT2D eigenvalue weighted by Gasteiger charge is 2.12. The second kappa shape index (κ2) is 7.04. The Kier molecular flexibility index (Phi) is 5.10. The quantitative estimate of drug-likeness (QED) is 0.918. The summed E-state index contributed by atoms with van der Waals surface area (Å²) in [7, 11) is 1.58. The van der Waals surface area contributed by atoms with Gasteiger partial charge in [0.05, 0.1) is 0 Å². The first-order chi connectivity index (χ1) is 10.9. The van der Waals surface area contributed by atoms with Crippen LogP contribution in [0.1, 0.15) is 21.6 Å². The molecule has 1 amide bonds. The Bertz CT molecular complexity index is 772. The Labute approximate surface area is 131 Å². The molecule has 0 aliphatic rings. The van der Waals surface area contributed by atoms with Gasteiger partial charge in [0.1, 0.15) is 11.3 Å². The normalized spacial score (nSPS) is 10.7. The van der Waals surface area contributed by atoms with Gasteiger partial charge in [-0.2, -0.15) is 8.78 Å². The van der Waals surface area contributed by atoms with Crippen molar-refractivity contribution in [2.75, 3.05) is 0 Å². The first-order valence-corrected chi connectivity index (χ1v) is 6.87. The van der Waals surface area contributed by atoms with E-state index in [0.717, 1.165) is 5.69 Å².